The number of hydrogen-bond donors (Lipinski definition) is 2. The number of carboxylic acid groups (broad SMARTS) is 1. The Morgan fingerprint density at radius 1 is 1.28 bits per heavy atom. The minimum Gasteiger partial charge on any atom is -0.481 e. The molecule has 0 aliphatic carbocycles. The van der Waals surface area contributed by atoms with E-state index in [1.165, 1.54) is 5.56 Å². The van der Waals surface area contributed by atoms with Gasteiger partial charge in [0.25, 0.3) is 5.91 Å². The molecule has 18 heavy (non-hydrogen) atoms. The number of aliphatic carboxylic acids is 1. The third-order valence-corrected chi connectivity index (χ3v) is 2.98. The Morgan fingerprint density at radius 3 is 2.39 bits per heavy atom. The number of amides is 1. The monoisotopic (exact) mass is 249 g/mol. The van der Waals surface area contributed by atoms with Crippen LogP contribution in [0.5, 0.6) is 0 Å². The molecule has 98 valence electrons. The van der Waals surface area contributed by atoms with Gasteiger partial charge in [-0.3, -0.25) is 9.59 Å². The second-order valence-corrected chi connectivity index (χ2v) is 4.33. The molecule has 4 heteroatoms. The van der Waals surface area contributed by atoms with Crippen molar-refractivity contribution < 1.29 is 14.7 Å². The van der Waals surface area contributed by atoms with E-state index >= 15 is 0 Å². The highest BCUT2D eigenvalue weighted by Crippen LogP contribution is 2.18. The molecular formula is C14H19NO3. The van der Waals surface area contributed by atoms with Gasteiger partial charge in [-0.2, -0.15) is 0 Å². The van der Waals surface area contributed by atoms with Gasteiger partial charge in [0.2, 0.25) is 0 Å². The minimum absolute atomic E-state index is 0.0588. The predicted octanol–water partition coefficient (Wildman–Crippen LogP) is 2.40. The lowest BCUT2D eigenvalue weighted by Crippen LogP contribution is -2.25. The minimum atomic E-state index is -0.914. The molecule has 1 aromatic rings. The summed E-state index contributed by atoms with van der Waals surface area (Å²) in [6.07, 6.45) is 1.00. The van der Waals surface area contributed by atoms with Crippen LogP contribution in [0.25, 0.3) is 0 Å². The Hall–Kier alpha value is -1.84. The maximum absolute atomic E-state index is 11.7. The number of carbonyl (C=O) groups is 2. The topological polar surface area (TPSA) is 66.4 Å². The standard InChI is InChI=1S/C14H19NO3/c1-3-10(2)11-4-6-12(7-5-11)14(18)15-9-8-13(16)17/h4-7,10H,3,8-9H2,1-2H3,(H,15,18)(H,16,17). The van der Waals surface area contributed by atoms with Crippen LogP contribution in [0.4, 0.5) is 0 Å². The molecule has 1 unspecified atom stereocenters. The van der Waals surface area contributed by atoms with E-state index in [0.29, 0.717) is 11.5 Å². The first-order valence-electron chi connectivity index (χ1n) is 6.14. The summed E-state index contributed by atoms with van der Waals surface area (Å²) < 4.78 is 0. The number of hydrogen-bond acceptors (Lipinski definition) is 2. The Balaban J connectivity index is 2.56. The molecule has 0 aromatic heterocycles. The average Bonchev–Trinajstić information content (AvgIpc) is 2.37. The molecule has 4 nitrogen and oxygen atoms in total. The highest BCUT2D eigenvalue weighted by molar-refractivity contribution is 5.94. The maximum Gasteiger partial charge on any atom is 0.305 e. The van der Waals surface area contributed by atoms with E-state index in [9.17, 15) is 9.59 Å². The van der Waals surface area contributed by atoms with Gasteiger partial charge in [-0.1, -0.05) is 26.0 Å². The lowest BCUT2D eigenvalue weighted by molar-refractivity contribution is -0.136. The van der Waals surface area contributed by atoms with Gasteiger partial charge in [-0.25, -0.2) is 0 Å². The molecule has 0 spiro atoms. The van der Waals surface area contributed by atoms with Crippen LogP contribution in [0.15, 0.2) is 24.3 Å². The maximum atomic E-state index is 11.7. The van der Waals surface area contributed by atoms with Gasteiger partial charge >= 0.3 is 5.97 Å². The number of nitrogens with one attached hydrogen (secondary N) is 1. The molecule has 1 atom stereocenters. The zero-order valence-corrected chi connectivity index (χ0v) is 10.8. The van der Waals surface area contributed by atoms with E-state index < -0.39 is 5.97 Å². The molecule has 0 bridgehead atoms. The Kier molecular flexibility index (Phi) is 5.36. The molecule has 0 radical (unpaired) electrons. The molecule has 0 saturated heterocycles. The first kappa shape index (κ1) is 14.2. The van der Waals surface area contributed by atoms with Crippen molar-refractivity contribution in [2.24, 2.45) is 0 Å². The molecule has 0 saturated carbocycles. The van der Waals surface area contributed by atoms with Crippen molar-refractivity contribution in [2.75, 3.05) is 6.54 Å². The first-order chi connectivity index (χ1) is 8.54. The summed E-state index contributed by atoms with van der Waals surface area (Å²) in [4.78, 5) is 22.0. The fourth-order valence-electron chi connectivity index (χ4n) is 1.58. The van der Waals surface area contributed by atoms with E-state index in [2.05, 4.69) is 19.2 Å². The number of rotatable bonds is 6. The van der Waals surface area contributed by atoms with Gasteiger partial charge in [0.15, 0.2) is 0 Å². The van der Waals surface area contributed by atoms with Gasteiger partial charge in [-0.05, 0) is 30.0 Å². The Labute approximate surface area is 107 Å². The second-order valence-electron chi connectivity index (χ2n) is 4.33. The van der Waals surface area contributed by atoms with Crippen molar-refractivity contribution in [3.8, 4) is 0 Å². The fraction of sp³-hybridized carbons (Fsp3) is 0.429. The van der Waals surface area contributed by atoms with Crippen molar-refractivity contribution >= 4 is 11.9 Å². The van der Waals surface area contributed by atoms with Crippen molar-refractivity contribution in [3.63, 3.8) is 0 Å². The molecule has 2 N–H and O–H groups in total. The normalized spacial score (nSPS) is 11.9. The van der Waals surface area contributed by atoms with Crippen LogP contribution in [0.3, 0.4) is 0 Å². The third kappa shape index (κ3) is 4.20. The Bertz CT molecular complexity index is 412. The molecular weight excluding hydrogens is 230 g/mol. The summed E-state index contributed by atoms with van der Waals surface area (Å²) in [5, 5.41) is 11.0. The highest BCUT2D eigenvalue weighted by atomic mass is 16.4. The number of benzene rings is 1. The number of carboxylic acids is 1. The van der Waals surface area contributed by atoms with E-state index in [0.717, 1.165) is 6.42 Å². The van der Waals surface area contributed by atoms with Crippen LogP contribution in [-0.2, 0) is 4.79 Å². The van der Waals surface area contributed by atoms with Gasteiger partial charge in [0.05, 0.1) is 6.42 Å². The summed E-state index contributed by atoms with van der Waals surface area (Å²) in [7, 11) is 0. The van der Waals surface area contributed by atoms with Crippen LogP contribution in [0.2, 0.25) is 0 Å². The molecule has 0 aliphatic heterocycles. The van der Waals surface area contributed by atoms with Gasteiger partial charge in [-0.15, -0.1) is 0 Å². The van der Waals surface area contributed by atoms with Crippen LogP contribution < -0.4 is 5.32 Å². The molecule has 0 fully saturated rings. The van der Waals surface area contributed by atoms with Crippen LogP contribution in [0.1, 0.15) is 48.5 Å². The van der Waals surface area contributed by atoms with E-state index in [-0.39, 0.29) is 18.9 Å². The van der Waals surface area contributed by atoms with Crippen molar-refractivity contribution in [2.45, 2.75) is 32.6 Å². The quantitative estimate of drug-likeness (QED) is 0.813. The van der Waals surface area contributed by atoms with Crippen LogP contribution >= 0.6 is 0 Å². The lowest BCUT2D eigenvalue weighted by Gasteiger charge is -2.09. The summed E-state index contributed by atoms with van der Waals surface area (Å²) in [5.74, 6) is -0.663. The molecule has 1 aromatic carbocycles. The average molecular weight is 249 g/mol. The van der Waals surface area contributed by atoms with Crippen molar-refractivity contribution in [1.82, 2.24) is 5.32 Å². The van der Waals surface area contributed by atoms with E-state index in [1.54, 1.807) is 12.1 Å². The molecule has 1 amide bonds. The first-order valence-corrected chi connectivity index (χ1v) is 6.14. The summed E-state index contributed by atoms with van der Waals surface area (Å²) in [5.41, 5.74) is 1.77. The van der Waals surface area contributed by atoms with Gasteiger partial charge in [0.1, 0.15) is 0 Å². The third-order valence-electron chi connectivity index (χ3n) is 2.98. The predicted molar refractivity (Wildman–Crippen MR) is 69.7 cm³/mol. The highest BCUT2D eigenvalue weighted by Gasteiger charge is 2.07. The van der Waals surface area contributed by atoms with Crippen LogP contribution in [0, 0.1) is 0 Å². The molecule has 0 heterocycles. The smallest absolute Gasteiger partial charge is 0.305 e. The Morgan fingerprint density at radius 2 is 1.89 bits per heavy atom. The summed E-state index contributed by atoms with van der Waals surface area (Å²) >= 11 is 0. The summed E-state index contributed by atoms with van der Waals surface area (Å²) in [6, 6.07) is 7.44. The second kappa shape index (κ2) is 6.79. The SMILES string of the molecule is CCC(C)c1ccc(C(=O)NCCC(=O)O)cc1. The summed E-state index contributed by atoms with van der Waals surface area (Å²) in [6.45, 7) is 4.42. The lowest BCUT2D eigenvalue weighted by atomic mass is 9.97. The number of carbonyl (C=O) groups excluding carboxylic acids is 1. The van der Waals surface area contributed by atoms with Gasteiger partial charge in [0, 0.05) is 12.1 Å². The zero-order chi connectivity index (χ0) is 13.5. The van der Waals surface area contributed by atoms with Gasteiger partial charge < -0.3 is 10.4 Å². The van der Waals surface area contributed by atoms with Crippen LogP contribution in [-0.4, -0.2) is 23.5 Å². The largest absolute Gasteiger partial charge is 0.481 e. The fourth-order valence-corrected chi connectivity index (χ4v) is 1.58. The molecule has 1 rings (SSSR count). The van der Waals surface area contributed by atoms with E-state index in [4.69, 9.17) is 5.11 Å². The van der Waals surface area contributed by atoms with Crippen molar-refractivity contribution in [1.29, 1.82) is 0 Å². The zero-order valence-electron chi connectivity index (χ0n) is 10.8. The molecule has 0 aliphatic rings. The van der Waals surface area contributed by atoms with Crippen molar-refractivity contribution in [3.05, 3.63) is 35.4 Å². The van der Waals surface area contributed by atoms with E-state index in [1.807, 2.05) is 12.1 Å².